The van der Waals surface area contributed by atoms with E-state index in [2.05, 4.69) is 22.9 Å². The molecule has 0 heterocycles. The molecule has 0 spiro atoms. The van der Waals surface area contributed by atoms with E-state index in [0.29, 0.717) is 0 Å². The first-order valence-electron chi connectivity index (χ1n) is 3.50. The minimum Gasteiger partial charge on any atom is -0.298 e. The number of aldehydes is 1. The molecular weight excluding hydrogens is 265 g/mol. The van der Waals surface area contributed by atoms with Gasteiger partial charge < -0.3 is 0 Å². The number of hydrogen-bond acceptors (Lipinski definition) is 2. The first-order chi connectivity index (χ1) is 5.66. The van der Waals surface area contributed by atoms with Gasteiger partial charge in [0.25, 0.3) is 0 Å². The first-order valence-corrected chi connectivity index (χ1v) is 4.46. The topological polar surface area (TPSA) is 20.3 Å². The molecule has 0 aliphatic rings. The fraction of sp³-hybridized carbons (Fsp3) is 0.222. The smallest absolute Gasteiger partial charge is 0.150 e. The van der Waals surface area contributed by atoms with Gasteiger partial charge in [-0.3, -0.25) is 7.91 Å². The van der Waals surface area contributed by atoms with Crippen molar-refractivity contribution in [3.63, 3.8) is 0 Å². The predicted octanol–water partition coefficient (Wildman–Crippen LogP) is 2.40. The van der Waals surface area contributed by atoms with E-state index in [1.165, 1.54) is 0 Å². The molecule has 0 aromatic heterocycles. The predicted molar refractivity (Wildman–Crippen MR) is 59.5 cm³/mol. The van der Waals surface area contributed by atoms with E-state index >= 15 is 0 Å². The van der Waals surface area contributed by atoms with Crippen LogP contribution in [0.2, 0.25) is 0 Å². The fourth-order valence-electron chi connectivity index (χ4n) is 0.532. The van der Waals surface area contributed by atoms with Crippen molar-refractivity contribution in [1.29, 1.82) is 0 Å². The van der Waals surface area contributed by atoms with Gasteiger partial charge in [0.2, 0.25) is 0 Å². The van der Waals surface area contributed by atoms with E-state index in [0.717, 1.165) is 11.8 Å². The molecule has 0 aliphatic carbocycles. The maximum absolute atomic E-state index is 10.0. The van der Waals surface area contributed by atoms with Crippen LogP contribution in [0.1, 0.15) is 10.4 Å². The second-order valence-electron chi connectivity index (χ2n) is 2.31. The third-order valence-corrected chi connectivity index (χ3v) is 0.936. The first kappa shape index (κ1) is 11.6. The number of halogens is 1. The van der Waals surface area contributed by atoms with Crippen LogP contribution in [0.25, 0.3) is 0 Å². The van der Waals surface area contributed by atoms with Crippen LogP contribution in [0.5, 0.6) is 0 Å². The number of rotatable bonds is 1. The molecule has 0 bridgehead atoms. The monoisotopic (exact) mass is 277 g/mol. The van der Waals surface area contributed by atoms with Crippen molar-refractivity contribution in [3.8, 4) is 0 Å². The Morgan fingerprint density at radius 3 is 1.92 bits per heavy atom. The molecule has 0 aliphatic heterocycles. The fourth-order valence-corrected chi connectivity index (χ4v) is 0.532. The Kier molecular flexibility index (Phi) is 6.99. The van der Waals surface area contributed by atoms with Crippen molar-refractivity contribution < 1.29 is 4.79 Å². The summed E-state index contributed by atoms with van der Waals surface area (Å²) in [6, 6.07) is 9.10. The summed E-state index contributed by atoms with van der Waals surface area (Å²) >= 11 is 2.18. The second kappa shape index (κ2) is 7.24. The van der Waals surface area contributed by atoms with Crippen molar-refractivity contribution in [3.05, 3.63) is 35.9 Å². The number of hydrogen-bond donors (Lipinski definition) is 0. The highest BCUT2D eigenvalue weighted by molar-refractivity contribution is 14.1. The Morgan fingerprint density at radius 2 is 1.67 bits per heavy atom. The van der Waals surface area contributed by atoms with Crippen LogP contribution in [0.4, 0.5) is 0 Å². The molecule has 0 amide bonds. The van der Waals surface area contributed by atoms with Gasteiger partial charge in [-0.15, -0.1) is 0 Å². The van der Waals surface area contributed by atoms with Crippen molar-refractivity contribution in [1.82, 2.24) is 3.11 Å². The molecule has 1 rings (SSSR count). The van der Waals surface area contributed by atoms with Crippen molar-refractivity contribution in [2.24, 2.45) is 0 Å². The SMILES string of the molecule is CN(C)I.O=Cc1ccccc1. The van der Waals surface area contributed by atoms with Crippen LogP contribution >= 0.6 is 22.9 Å². The summed E-state index contributed by atoms with van der Waals surface area (Å²) in [6.45, 7) is 0. The summed E-state index contributed by atoms with van der Waals surface area (Å²) in [4.78, 5) is 10.0. The van der Waals surface area contributed by atoms with Crippen molar-refractivity contribution >= 4 is 29.2 Å². The summed E-state index contributed by atoms with van der Waals surface area (Å²) in [6.07, 6.45) is 0.833. The molecule has 66 valence electrons. The highest BCUT2D eigenvalue weighted by Crippen LogP contribution is 1.91. The molecule has 3 heteroatoms. The Hall–Kier alpha value is -0.420. The Morgan fingerprint density at radius 1 is 1.25 bits per heavy atom. The van der Waals surface area contributed by atoms with Gasteiger partial charge in [-0.1, -0.05) is 30.3 Å². The molecule has 0 N–H and O–H groups in total. The molecule has 0 saturated heterocycles. The average Bonchev–Trinajstić information content (AvgIpc) is 2.05. The highest BCUT2D eigenvalue weighted by Gasteiger charge is 1.79. The summed E-state index contributed by atoms with van der Waals surface area (Å²) in [7, 11) is 3.97. The minimum absolute atomic E-state index is 0.729. The van der Waals surface area contributed by atoms with Gasteiger partial charge in [0.05, 0.1) is 0 Å². The van der Waals surface area contributed by atoms with Crippen LogP contribution < -0.4 is 0 Å². The zero-order valence-electron chi connectivity index (χ0n) is 7.20. The van der Waals surface area contributed by atoms with Gasteiger partial charge in [0, 0.05) is 28.4 Å². The van der Waals surface area contributed by atoms with E-state index in [1.807, 2.05) is 35.4 Å². The Bertz CT molecular complexity index is 208. The van der Waals surface area contributed by atoms with Crippen molar-refractivity contribution in [2.75, 3.05) is 14.1 Å². The van der Waals surface area contributed by atoms with E-state index in [1.54, 1.807) is 12.1 Å². The van der Waals surface area contributed by atoms with Crippen LogP contribution in [-0.2, 0) is 0 Å². The zero-order valence-corrected chi connectivity index (χ0v) is 9.36. The normalized spacial score (nSPS) is 8.67. The van der Waals surface area contributed by atoms with Gasteiger partial charge in [0.15, 0.2) is 0 Å². The molecule has 0 atom stereocenters. The lowest BCUT2D eigenvalue weighted by atomic mass is 10.2. The van der Waals surface area contributed by atoms with Gasteiger partial charge in [-0.05, 0) is 14.1 Å². The molecule has 0 fully saturated rings. The van der Waals surface area contributed by atoms with Gasteiger partial charge in [0.1, 0.15) is 6.29 Å². The third kappa shape index (κ3) is 7.68. The lowest BCUT2D eigenvalue weighted by Crippen LogP contribution is -1.88. The minimum atomic E-state index is 0.729. The van der Waals surface area contributed by atoms with Gasteiger partial charge in [-0.2, -0.15) is 0 Å². The molecule has 1 aromatic rings. The van der Waals surface area contributed by atoms with E-state index in [-0.39, 0.29) is 0 Å². The van der Waals surface area contributed by atoms with E-state index in [4.69, 9.17) is 0 Å². The molecule has 12 heavy (non-hydrogen) atoms. The van der Waals surface area contributed by atoms with Crippen LogP contribution in [-0.4, -0.2) is 23.5 Å². The molecule has 0 saturated carbocycles. The van der Waals surface area contributed by atoms with Gasteiger partial charge in [-0.25, -0.2) is 0 Å². The number of benzene rings is 1. The molecule has 1 aromatic carbocycles. The van der Waals surface area contributed by atoms with E-state index < -0.39 is 0 Å². The molecular formula is C9H12INO. The Balaban J connectivity index is 0.000000261. The lowest BCUT2D eigenvalue weighted by molar-refractivity contribution is 0.112. The summed E-state index contributed by atoms with van der Waals surface area (Å²) in [5, 5.41) is 0. The maximum Gasteiger partial charge on any atom is 0.150 e. The summed E-state index contributed by atoms with van der Waals surface area (Å²) in [5.41, 5.74) is 0.729. The van der Waals surface area contributed by atoms with Crippen LogP contribution in [0, 0.1) is 0 Å². The molecule has 0 radical (unpaired) electrons. The summed E-state index contributed by atoms with van der Waals surface area (Å²) in [5.74, 6) is 0. The Labute approximate surface area is 87.1 Å². The second-order valence-corrected chi connectivity index (χ2v) is 4.24. The van der Waals surface area contributed by atoms with Crippen LogP contribution in [0.15, 0.2) is 30.3 Å². The average molecular weight is 277 g/mol. The quantitative estimate of drug-likeness (QED) is 0.446. The largest absolute Gasteiger partial charge is 0.298 e. The molecule has 0 unspecified atom stereocenters. The van der Waals surface area contributed by atoms with Gasteiger partial charge >= 0.3 is 0 Å². The standard InChI is InChI=1S/C7H6O.C2H6IN/c8-6-7-4-2-1-3-5-7;1-4(2)3/h1-6H;1-2H3. The molecule has 2 nitrogen and oxygen atoms in total. The highest BCUT2D eigenvalue weighted by atomic mass is 127. The third-order valence-electron chi connectivity index (χ3n) is 0.936. The maximum atomic E-state index is 10.0. The van der Waals surface area contributed by atoms with Crippen LogP contribution in [0.3, 0.4) is 0 Å². The zero-order chi connectivity index (χ0) is 9.40. The number of nitrogens with zero attached hydrogens (tertiary/aromatic N) is 1. The van der Waals surface area contributed by atoms with E-state index in [9.17, 15) is 4.79 Å². The number of carbonyl (C=O) groups excluding carboxylic acids is 1. The lowest BCUT2D eigenvalue weighted by Gasteiger charge is -1.86. The number of carbonyl (C=O) groups is 1. The van der Waals surface area contributed by atoms with Crippen molar-refractivity contribution in [2.45, 2.75) is 0 Å². The summed E-state index contributed by atoms with van der Waals surface area (Å²) < 4.78 is 1.97.